The van der Waals surface area contributed by atoms with Crippen LogP contribution >= 0.6 is 11.8 Å². The molecule has 0 saturated heterocycles. The highest BCUT2D eigenvalue weighted by Crippen LogP contribution is 2.28. The van der Waals surface area contributed by atoms with Gasteiger partial charge in [0.25, 0.3) is 0 Å². The van der Waals surface area contributed by atoms with E-state index >= 15 is 0 Å². The molecule has 0 spiro atoms. The monoisotopic (exact) mass is 408 g/mol. The fourth-order valence-corrected chi connectivity index (χ4v) is 3.83. The summed E-state index contributed by atoms with van der Waals surface area (Å²) in [7, 11) is 0. The van der Waals surface area contributed by atoms with Gasteiger partial charge < -0.3 is 5.32 Å². The molecular weight excluding hydrogens is 380 g/mol. The van der Waals surface area contributed by atoms with Crippen LogP contribution in [0.25, 0.3) is 17.1 Å². The average Bonchev–Trinajstić information content (AvgIpc) is 3.15. The van der Waals surface area contributed by atoms with E-state index in [4.69, 9.17) is 0 Å². The molecule has 1 amide bonds. The molecule has 2 aromatic carbocycles. The van der Waals surface area contributed by atoms with Gasteiger partial charge in [-0.25, -0.2) is 0 Å². The van der Waals surface area contributed by atoms with E-state index in [0.29, 0.717) is 10.9 Å². The first-order chi connectivity index (χ1) is 14.0. The standard InChI is InChI=1S/C23H28N4OS/c1-5-19(6-2)24-21(28)15-29-23-26-25-22(18-11-7-16(3)8-12-18)27(23)20-13-9-17(4)10-14-20/h7-14,19H,5-6,15H2,1-4H3,(H,24,28). The summed E-state index contributed by atoms with van der Waals surface area (Å²) in [5.41, 5.74) is 4.37. The number of aryl methyl sites for hydroxylation is 2. The highest BCUT2D eigenvalue weighted by molar-refractivity contribution is 7.99. The van der Waals surface area contributed by atoms with E-state index in [1.54, 1.807) is 0 Å². The van der Waals surface area contributed by atoms with E-state index in [1.807, 2.05) is 4.57 Å². The Balaban J connectivity index is 1.90. The maximum atomic E-state index is 12.4. The molecule has 0 atom stereocenters. The van der Waals surface area contributed by atoms with Crippen LogP contribution in [0.2, 0.25) is 0 Å². The summed E-state index contributed by atoms with van der Waals surface area (Å²) >= 11 is 1.41. The minimum atomic E-state index is 0.0269. The molecule has 5 nitrogen and oxygen atoms in total. The molecule has 0 bridgehead atoms. The Hall–Kier alpha value is -2.60. The number of hydrogen-bond acceptors (Lipinski definition) is 4. The molecule has 0 aliphatic carbocycles. The first-order valence-electron chi connectivity index (χ1n) is 10.0. The van der Waals surface area contributed by atoms with Crippen molar-refractivity contribution in [2.75, 3.05) is 5.75 Å². The second-order valence-corrected chi connectivity index (χ2v) is 8.16. The van der Waals surface area contributed by atoms with Gasteiger partial charge in [0.1, 0.15) is 0 Å². The Morgan fingerprint density at radius 2 is 1.55 bits per heavy atom. The Labute approximate surface area is 176 Å². The van der Waals surface area contributed by atoms with Gasteiger partial charge in [0.2, 0.25) is 5.91 Å². The summed E-state index contributed by atoms with van der Waals surface area (Å²) in [5.74, 6) is 1.12. The third kappa shape index (κ3) is 5.26. The van der Waals surface area contributed by atoms with Gasteiger partial charge in [0.15, 0.2) is 11.0 Å². The van der Waals surface area contributed by atoms with Crippen molar-refractivity contribution in [1.82, 2.24) is 20.1 Å². The molecule has 1 N–H and O–H groups in total. The number of thioether (sulfide) groups is 1. The highest BCUT2D eigenvalue weighted by Gasteiger charge is 2.18. The topological polar surface area (TPSA) is 59.8 Å². The van der Waals surface area contributed by atoms with Crippen LogP contribution in [0.1, 0.15) is 37.8 Å². The fourth-order valence-electron chi connectivity index (χ4n) is 3.07. The maximum absolute atomic E-state index is 12.4. The second-order valence-electron chi connectivity index (χ2n) is 7.21. The van der Waals surface area contributed by atoms with Crippen molar-refractivity contribution < 1.29 is 4.79 Å². The van der Waals surface area contributed by atoms with Crippen molar-refractivity contribution in [1.29, 1.82) is 0 Å². The second kappa shape index (κ2) is 9.74. The molecule has 3 aromatic rings. The summed E-state index contributed by atoms with van der Waals surface area (Å²) in [6.07, 6.45) is 1.87. The Morgan fingerprint density at radius 1 is 0.966 bits per heavy atom. The van der Waals surface area contributed by atoms with Gasteiger partial charge in [-0.05, 0) is 38.8 Å². The van der Waals surface area contributed by atoms with Gasteiger partial charge in [-0.2, -0.15) is 0 Å². The molecule has 3 rings (SSSR count). The predicted octanol–water partition coefficient (Wildman–Crippen LogP) is 4.95. The molecule has 0 radical (unpaired) electrons. The van der Waals surface area contributed by atoms with Crippen molar-refractivity contribution in [2.45, 2.75) is 51.7 Å². The number of aromatic nitrogens is 3. The van der Waals surface area contributed by atoms with Crippen molar-refractivity contribution in [3.8, 4) is 17.1 Å². The van der Waals surface area contributed by atoms with E-state index in [0.717, 1.165) is 29.9 Å². The number of rotatable bonds is 8. The minimum absolute atomic E-state index is 0.0269. The fraction of sp³-hybridized carbons (Fsp3) is 0.348. The molecule has 29 heavy (non-hydrogen) atoms. The number of nitrogens with one attached hydrogen (secondary N) is 1. The lowest BCUT2D eigenvalue weighted by Gasteiger charge is -2.14. The maximum Gasteiger partial charge on any atom is 0.230 e. The molecule has 0 unspecified atom stereocenters. The van der Waals surface area contributed by atoms with Gasteiger partial charge >= 0.3 is 0 Å². The van der Waals surface area contributed by atoms with Gasteiger partial charge in [-0.15, -0.1) is 10.2 Å². The van der Waals surface area contributed by atoms with Crippen LogP contribution in [0.5, 0.6) is 0 Å². The molecule has 1 aromatic heterocycles. The van der Waals surface area contributed by atoms with E-state index in [-0.39, 0.29) is 11.9 Å². The lowest BCUT2D eigenvalue weighted by atomic mass is 10.1. The average molecular weight is 409 g/mol. The van der Waals surface area contributed by atoms with E-state index in [1.165, 1.54) is 22.9 Å². The van der Waals surface area contributed by atoms with Crippen LogP contribution in [0.15, 0.2) is 53.7 Å². The zero-order chi connectivity index (χ0) is 20.8. The van der Waals surface area contributed by atoms with Gasteiger partial charge in [-0.3, -0.25) is 9.36 Å². The molecule has 6 heteroatoms. The smallest absolute Gasteiger partial charge is 0.230 e. The lowest BCUT2D eigenvalue weighted by Crippen LogP contribution is -2.35. The Morgan fingerprint density at radius 3 is 2.14 bits per heavy atom. The SMILES string of the molecule is CCC(CC)NC(=O)CSc1nnc(-c2ccc(C)cc2)n1-c1ccc(C)cc1. The number of carbonyl (C=O) groups is 1. The summed E-state index contributed by atoms with van der Waals surface area (Å²) in [4.78, 5) is 12.4. The quantitative estimate of drug-likeness (QED) is 0.536. The largest absolute Gasteiger partial charge is 0.353 e. The third-order valence-electron chi connectivity index (χ3n) is 4.92. The minimum Gasteiger partial charge on any atom is -0.353 e. The molecule has 152 valence electrons. The molecule has 0 saturated carbocycles. The van der Waals surface area contributed by atoms with E-state index in [9.17, 15) is 4.79 Å². The van der Waals surface area contributed by atoms with Crippen molar-refractivity contribution in [2.24, 2.45) is 0 Å². The normalized spacial score (nSPS) is 11.1. The lowest BCUT2D eigenvalue weighted by molar-refractivity contribution is -0.119. The summed E-state index contributed by atoms with van der Waals surface area (Å²) in [5, 5.41) is 12.6. The first-order valence-corrected chi connectivity index (χ1v) is 11.0. The van der Waals surface area contributed by atoms with Gasteiger partial charge in [0, 0.05) is 17.3 Å². The van der Waals surface area contributed by atoms with Crippen LogP contribution in [0.4, 0.5) is 0 Å². The van der Waals surface area contributed by atoms with Crippen LogP contribution < -0.4 is 5.32 Å². The summed E-state index contributed by atoms with van der Waals surface area (Å²) < 4.78 is 2.03. The number of amides is 1. The van der Waals surface area contributed by atoms with Gasteiger partial charge in [0.05, 0.1) is 5.75 Å². The molecule has 0 aliphatic heterocycles. The zero-order valence-electron chi connectivity index (χ0n) is 17.5. The number of carbonyl (C=O) groups excluding carboxylic acids is 1. The van der Waals surface area contributed by atoms with Crippen molar-refractivity contribution in [3.05, 3.63) is 59.7 Å². The number of nitrogens with zero attached hydrogens (tertiary/aromatic N) is 3. The molecule has 0 aliphatic rings. The molecule has 1 heterocycles. The van der Waals surface area contributed by atoms with Crippen molar-refractivity contribution in [3.63, 3.8) is 0 Å². The van der Waals surface area contributed by atoms with Crippen LogP contribution in [-0.4, -0.2) is 32.5 Å². The van der Waals surface area contributed by atoms with E-state index < -0.39 is 0 Å². The van der Waals surface area contributed by atoms with Crippen molar-refractivity contribution >= 4 is 17.7 Å². The third-order valence-corrected chi connectivity index (χ3v) is 5.85. The molecule has 0 fully saturated rings. The van der Waals surface area contributed by atoms with Crippen LogP contribution in [0, 0.1) is 13.8 Å². The zero-order valence-corrected chi connectivity index (χ0v) is 18.3. The summed E-state index contributed by atoms with van der Waals surface area (Å²) in [6.45, 7) is 8.30. The Kier molecular flexibility index (Phi) is 7.09. The predicted molar refractivity (Wildman–Crippen MR) is 120 cm³/mol. The van der Waals surface area contributed by atoms with Gasteiger partial charge in [-0.1, -0.05) is 73.1 Å². The number of benzene rings is 2. The highest BCUT2D eigenvalue weighted by atomic mass is 32.2. The first kappa shape index (κ1) is 21.1. The van der Waals surface area contributed by atoms with Crippen LogP contribution in [0.3, 0.4) is 0 Å². The summed E-state index contributed by atoms with van der Waals surface area (Å²) in [6, 6.07) is 16.7. The number of hydrogen-bond donors (Lipinski definition) is 1. The molecular formula is C23H28N4OS. The van der Waals surface area contributed by atoms with Crippen LogP contribution in [-0.2, 0) is 4.79 Å². The van der Waals surface area contributed by atoms with E-state index in [2.05, 4.69) is 91.7 Å². The Bertz CT molecular complexity index is 944.